The van der Waals surface area contributed by atoms with Crippen molar-refractivity contribution < 1.29 is 9.84 Å². The topological polar surface area (TPSA) is 46.4 Å². The van der Waals surface area contributed by atoms with Crippen LogP contribution < -0.4 is 5.32 Å². The number of aryl methyl sites for hydroxylation is 1. The summed E-state index contributed by atoms with van der Waals surface area (Å²) >= 11 is 0. The van der Waals surface area contributed by atoms with Crippen molar-refractivity contribution in [2.24, 2.45) is 0 Å². The zero-order valence-electron chi connectivity index (χ0n) is 11.1. The van der Waals surface area contributed by atoms with Crippen LogP contribution in [0.2, 0.25) is 0 Å². The van der Waals surface area contributed by atoms with Crippen molar-refractivity contribution >= 4 is 0 Å². The minimum atomic E-state index is -0.705. The van der Waals surface area contributed by atoms with Crippen LogP contribution in [-0.2, 0) is 17.8 Å². The van der Waals surface area contributed by atoms with E-state index in [1.165, 1.54) is 5.56 Å². The summed E-state index contributed by atoms with van der Waals surface area (Å²) in [5.41, 5.74) is 0.540. The molecule has 1 unspecified atom stereocenters. The molecule has 4 nitrogen and oxygen atoms in total. The van der Waals surface area contributed by atoms with Crippen molar-refractivity contribution in [1.82, 2.24) is 9.88 Å². The first-order valence-electron chi connectivity index (χ1n) is 6.14. The SMILES string of the molecule is CCn1ccc(CNCC(C)(O)CCOC)c1. The first kappa shape index (κ1) is 14.2. The highest BCUT2D eigenvalue weighted by molar-refractivity contribution is 5.09. The minimum Gasteiger partial charge on any atom is -0.389 e. The molecule has 0 amide bonds. The fraction of sp³-hybridized carbons (Fsp3) is 0.692. The Labute approximate surface area is 104 Å². The predicted molar refractivity (Wildman–Crippen MR) is 68.9 cm³/mol. The Morgan fingerprint density at radius 1 is 1.53 bits per heavy atom. The first-order valence-corrected chi connectivity index (χ1v) is 6.14. The highest BCUT2D eigenvalue weighted by Crippen LogP contribution is 2.08. The molecule has 1 aromatic heterocycles. The van der Waals surface area contributed by atoms with Crippen LogP contribution in [0, 0.1) is 0 Å². The molecule has 0 fully saturated rings. The number of aliphatic hydroxyl groups is 1. The van der Waals surface area contributed by atoms with Crippen LogP contribution >= 0.6 is 0 Å². The molecule has 2 N–H and O–H groups in total. The molecule has 1 heterocycles. The average Bonchev–Trinajstić information content (AvgIpc) is 2.74. The van der Waals surface area contributed by atoms with Gasteiger partial charge in [0.1, 0.15) is 0 Å². The molecule has 0 spiro atoms. The van der Waals surface area contributed by atoms with Crippen LogP contribution in [0.25, 0.3) is 0 Å². The van der Waals surface area contributed by atoms with Crippen molar-refractivity contribution in [3.8, 4) is 0 Å². The summed E-state index contributed by atoms with van der Waals surface area (Å²) in [5.74, 6) is 0. The van der Waals surface area contributed by atoms with Gasteiger partial charge in [-0.2, -0.15) is 0 Å². The van der Waals surface area contributed by atoms with Crippen molar-refractivity contribution in [3.63, 3.8) is 0 Å². The molecule has 0 aromatic carbocycles. The summed E-state index contributed by atoms with van der Waals surface area (Å²) < 4.78 is 7.11. The van der Waals surface area contributed by atoms with Gasteiger partial charge in [-0.05, 0) is 25.5 Å². The van der Waals surface area contributed by atoms with Gasteiger partial charge < -0.3 is 19.7 Å². The molecule has 0 bridgehead atoms. The Balaban J connectivity index is 2.26. The fourth-order valence-corrected chi connectivity index (χ4v) is 1.68. The lowest BCUT2D eigenvalue weighted by Crippen LogP contribution is -2.38. The number of hydrogen-bond acceptors (Lipinski definition) is 3. The molecule has 4 heteroatoms. The third-order valence-electron chi connectivity index (χ3n) is 2.86. The second kappa shape index (κ2) is 6.79. The quantitative estimate of drug-likeness (QED) is 0.722. The molecule has 1 rings (SSSR count). The number of hydrogen-bond donors (Lipinski definition) is 2. The van der Waals surface area contributed by atoms with E-state index in [-0.39, 0.29) is 0 Å². The highest BCUT2D eigenvalue weighted by Gasteiger charge is 2.19. The van der Waals surface area contributed by atoms with Crippen LogP contribution in [0.5, 0.6) is 0 Å². The summed E-state index contributed by atoms with van der Waals surface area (Å²) in [6.07, 6.45) is 4.84. The van der Waals surface area contributed by atoms with E-state index in [9.17, 15) is 5.11 Å². The zero-order valence-corrected chi connectivity index (χ0v) is 11.1. The van der Waals surface area contributed by atoms with Crippen LogP contribution in [-0.4, -0.2) is 35.5 Å². The molecule has 17 heavy (non-hydrogen) atoms. The van der Waals surface area contributed by atoms with Crippen LogP contribution in [0.15, 0.2) is 18.5 Å². The second-order valence-electron chi connectivity index (χ2n) is 4.69. The second-order valence-corrected chi connectivity index (χ2v) is 4.69. The van der Waals surface area contributed by atoms with Gasteiger partial charge in [0.05, 0.1) is 5.60 Å². The predicted octanol–water partition coefficient (Wildman–Crippen LogP) is 1.39. The van der Waals surface area contributed by atoms with Gasteiger partial charge in [-0.25, -0.2) is 0 Å². The van der Waals surface area contributed by atoms with E-state index in [4.69, 9.17) is 4.74 Å². The summed E-state index contributed by atoms with van der Waals surface area (Å²) in [6, 6.07) is 2.10. The Hall–Kier alpha value is -0.840. The maximum atomic E-state index is 10.0. The van der Waals surface area contributed by atoms with Crippen LogP contribution in [0.3, 0.4) is 0 Å². The highest BCUT2D eigenvalue weighted by atomic mass is 16.5. The molecule has 0 saturated heterocycles. The van der Waals surface area contributed by atoms with Crippen molar-refractivity contribution in [3.05, 3.63) is 24.0 Å². The lowest BCUT2D eigenvalue weighted by Gasteiger charge is -2.23. The van der Waals surface area contributed by atoms with Gasteiger partial charge in [0.15, 0.2) is 0 Å². The van der Waals surface area contributed by atoms with Gasteiger partial charge in [0.25, 0.3) is 0 Å². The van der Waals surface area contributed by atoms with E-state index in [0.717, 1.165) is 13.1 Å². The number of nitrogens with zero attached hydrogens (tertiary/aromatic N) is 1. The normalized spacial score (nSPS) is 14.8. The summed E-state index contributed by atoms with van der Waals surface area (Å²) in [7, 11) is 1.65. The van der Waals surface area contributed by atoms with Crippen LogP contribution in [0.4, 0.5) is 0 Å². The number of ether oxygens (including phenoxy) is 1. The van der Waals surface area contributed by atoms with Gasteiger partial charge in [-0.1, -0.05) is 0 Å². The lowest BCUT2D eigenvalue weighted by molar-refractivity contribution is 0.0247. The fourth-order valence-electron chi connectivity index (χ4n) is 1.68. The van der Waals surface area contributed by atoms with Gasteiger partial charge in [-0.15, -0.1) is 0 Å². The Morgan fingerprint density at radius 3 is 2.88 bits per heavy atom. The van der Waals surface area contributed by atoms with E-state index in [1.54, 1.807) is 7.11 Å². The van der Waals surface area contributed by atoms with Gasteiger partial charge in [0.2, 0.25) is 0 Å². The molecular weight excluding hydrogens is 216 g/mol. The smallest absolute Gasteiger partial charge is 0.0765 e. The lowest BCUT2D eigenvalue weighted by atomic mass is 10.0. The summed E-state index contributed by atoms with van der Waals surface area (Å²) in [6.45, 7) is 6.89. The van der Waals surface area contributed by atoms with Gasteiger partial charge in [-0.3, -0.25) is 0 Å². The monoisotopic (exact) mass is 240 g/mol. The van der Waals surface area contributed by atoms with Crippen molar-refractivity contribution in [2.45, 2.75) is 39.0 Å². The van der Waals surface area contributed by atoms with E-state index >= 15 is 0 Å². The van der Waals surface area contributed by atoms with Gasteiger partial charge in [0, 0.05) is 52.2 Å². The van der Waals surface area contributed by atoms with Gasteiger partial charge >= 0.3 is 0 Å². The molecule has 0 aliphatic heterocycles. The number of rotatable bonds is 8. The molecule has 0 saturated carbocycles. The zero-order chi connectivity index (χ0) is 12.7. The standard InChI is InChI=1S/C13H24N2O2/c1-4-15-7-5-12(10-15)9-14-11-13(2,16)6-8-17-3/h5,7,10,14,16H,4,6,8-9,11H2,1-3H3. The number of aromatic nitrogens is 1. The minimum absolute atomic E-state index is 0.577. The van der Waals surface area contributed by atoms with E-state index in [1.807, 2.05) is 6.92 Å². The largest absolute Gasteiger partial charge is 0.389 e. The maximum absolute atomic E-state index is 10.0. The molecule has 0 aliphatic carbocycles. The Kier molecular flexibility index (Phi) is 5.68. The first-order chi connectivity index (χ1) is 8.07. The van der Waals surface area contributed by atoms with E-state index in [2.05, 4.69) is 35.3 Å². The average molecular weight is 240 g/mol. The number of nitrogens with one attached hydrogen (secondary N) is 1. The van der Waals surface area contributed by atoms with Crippen molar-refractivity contribution in [1.29, 1.82) is 0 Å². The molecule has 98 valence electrons. The maximum Gasteiger partial charge on any atom is 0.0765 e. The molecular formula is C13H24N2O2. The summed E-state index contributed by atoms with van der Waals surface area (Å²) in [4.78, 5) is 0. The van der Waals surface area contributed by atoms with Crippen molar-refractivity contribution in [2.75, 3.05) is 20.3 Å². The molecule has 0 radical (unpaired) electrons. The van der Waals surface area contributed by atoms with Crippen LogP contribution in [0.1, 0.15) is 25.8 Å². The molecule has 1 aromatic rings. The van der Waals surface area contributed by atoms with E-state index in [0.29, 0.717) is 19.6 Å². The molecule has 1 atom stereocenters. The summed E-state index contributed by atoms with van der Waals surface area (Å²) in [5, 5.41) is 13.3. The Morgan fingerprint density at radius 2 is 2.29 bits per heavy atom. The number of methoxy groups -OCH3 is 1. The van der Waals surface area contributed by atoms with E-state index < -0.39 is 5.60 Å². The third kappa shape index (κ3) is 5.35. The third-order valence-corrected chi connectivity index (χ3v) is 2.86. The molecule has 0 aliphatic rings. The Bertz CT molecular complexity index is 321.